The molecule has 0 heterocycles. The Hall–Kier alpha value is -0.0300. The van der Waals surface area contributed by atoms with E-state index in [2.05, 4.69) is 31.1 Å². The van der Waals surface area contributed by atoms with Crippen molar-refractivity contribution in [1.29, 1.82) is 0 Å². The Morgan fingerprint density at radius 1 is 1.43 bits per heavy atom. The van der Waals surface area contributed by atoms with Crippen molar-refractivity contribution in [3.63, 3.8) is 0 Å². The minimum absolute atomic E-state index is 0. The quantitative estimate of drug-likeness (QED) is 0.780. The highest BCUT2D eigenvalue weighted by atomic mass is 35.5. The number of likely N-dealkylation sites (N-methyl/N-ethyl adjacent to an activating group) is 1. The minimum Gasteiger partial charge on any atom is -0.355 e. The molecule has 0 aromatic rings. The van der Waals surface area contributed by atoms with Gasteiger partial charge in [0, 0.05) is 24.7 Å². The predicted octanol–water partition coefficient (Wildman–Crippen LogP) is 2.58. The average molecular weight is 342 g/mol. The van der Waals surface area contributed by atoms with Gasteiger partial charge in [0.05, 0.1) is 5.92 Å². The third kappa shape index (κ3) is 7.18. The number of hydrogen-bond acceptors (Lipinski definition) is 3. The van der Waals surface area contributed by atoms with Gasteiger partial charge >= 0.3 is 0 Å². The summed E-state index contributed by atoms with van der Waals surface area (Å²) in [7, 11) is 2.11. The van der Waals surface area contributed by atoms with Crippen LogP contribution in [0.1, 0.15) is 52.9 Å². The molecule has 0 bridgehead atoms. The fraction of sp³-hybridized carbons (Fsp3) is 0.933. The van der Waals surface area contributed by atoms with E-state index in [1.807, 2.05) is 6.92 Å². The van der Waals surface area contributed by atoms with Gasteiger partial charge in [-0.05, 0) is 40.2 Å². The summed E-state index contributed by atoms with van der Waals surface area (Å²) in [6.45, 7) is 8.02. The van der Waals surface area contributed by atoms with Gasteiger partial charge in [-0.3, -0.25) is 4.79 Å². The van der Waals surface area contributed by atoms with Crippen LogP contribution in [0.3, 0.4) is 0 Å². The monoisotopic (exact) mass is 341 g/mol. The molecule has 0 aromatic heterocycles. The molecule has 128 valence electrons. The molecule has 0 saturated heterocycles. The van der Waals surface area contributed by atoms with Gasteiger partial charge in [0.2, 0.25) is 5.91 Å². The zero-order chi connectivity index (χ0) is 14.5. The van der Waals surface area contributed by atoms with Crippen molar-refractivity contribution in [2.45, 2.75) is 64.5 Å². The second-order valence-corrected chi connectivity index (χ2v) is 6.33. The standard InChI is InChI=1S/C15H31N3O.2ClH/c1-5-12(2)18(4)11-10-17-14(19)13-8-6-7-9-15(13,3)16;;/h12-13H,5-11,16H2,1-4H3,(H,17,19);2*1H. The van der Waals surface area contributed by atoms with E-state index in [4.69, 9.17) is 5.73 Å². The molecular weight excluding hydrogens is 309 g/mol. The maximum Gasteiger partial charge on any atom is 0.225 e. The molecule has 0 spiro atoms. The summed E-state index contributed by atoms with van der Waals surface area (Å²) in [5.41, 5.74) is 5.92. The molecule has 4 nitrogen and oxygen atoms in total. The van der Waals surface area contributed by atoms with E-state index in [1.165, 1.54) is 0 Å². The Balaban J connectivity index is 0. The Kier molecular flexibility index (Phi) is 11.8. The van der Waals surface area contributed by atoms with E-state index >= 15 is 0 Å². The van der Waals surface area contributed by atoms with Crippen LogP contribution in [-0.2, 0) is 4.79 Å². The second-order valence-electron chi connectivity index (χ2n) is 6.33. The molecule has 1 fully saturated rings. The summed E-state index contributed by atoms with van der Waals surface area (Å²) in [6.07, 6.45) is 5.29. The lowest BCUT2D eigenvalue weighted by Gasteiger charge is -2.37. The molecule has 3 unspecified atom stereocenters. The van der Waals surface area contributed by atoms with Crippen molar-refractivity contribution in [1.82, 2.24) is 10.2 Å². The summed E-state index contributed by atoms with van der Waals surface area (Å²) in [5, 5.41) is 3.06. The zero-order valence-electron chi connectivity index (χ0n) is 13.9. The maximum atomic E-state index is 12.2. The molecule has 6 heteroatoms. The smallest absolute Gasteiger partial charge is 0.225 e. The number of hydrogen-bond donors (Lipinski definition) is 2. The SMILES string of the molecule is CCC(C)N(C)CCNC(=O)C1CCCCC1(C)N.Cl.Cl. The fourth-order valence-electron chi connectivity index (χ4n) is 2.80. The van der Waals surface area contributed by atoms with E-state index in [0.29, 0.717) is 12.6 Å². The van der Waals surface area contributed by atoms with Crippen LogP contribution in [0.15, 0.2) is 0 Å². The molecule has 0 aromatic carbocycles. The van der Waals surface area contributed by atoms with Gasteiger partial charge in [-0.25, -0.2) is 0 Å². The largest absolute Gasteiger partial charge is 0.355 e. The number of nitrogens with one attached hydrogen (secondary N) is 1. The molecule has 3 atom stereocenters. The van der Waals surface area contributed by atoms with Crippen molar-refractivity contribution in [3.05, 3.63) is 0 Å². The van der Waals surface area contributed by atoms with Gasteiger partial charge in [0.25, 0.3) is 0 Å². The third-order valence-corrected chi connectivity index (χ3v) is 4.68. The molecule has 1 aliphatic carbocycles. The Morgan fingerprint density at radius 2 is 2.05 bits per heavy atom. The van der Waals surface area contributed by atoms with Gasteiger partial charge in [-0.1, -0.05) is 19.8 Å². The first kappa shape index (κ1) is 23.2. The zero-order valence-corrected chi connectivity index (χ0v) is 15.5. The number of rotatable bonds is 6. The lowest BCUT2D eigenvalue weighted by Crippen LogP contribution is -2.53. The highest BCUT2D eigenvalue weighted by Crippen LogP contribution is 2.31. The van der Waals surface area contributed by atoms with Crippen LogP contribution in [0.5, 0.6) is 0 Å². The number of nitrogens with two attached hydrogens (primary N) is 1. The molecule has 1 saturated carbocycles. The first-order chi connectivity index (χ1) is 8.88. The van der Waals surface area contributed by atoms with Crippen molar-refractivity contribution >= 4 is 30.7 Å². The predicted molar refractivity (Wildman–Crippen MR) is 94.4 cm³/mol. The first-order valence-electron chi connectivity index (χ1n) is 7.65. The summed E-state index contributed by atoms with van der Waals surface area (Å²) < 4.78 is 0. The van der Waals surface area contributed by atoms with Gasteiger partial charge in [-0.15, -0.1) is 24.8 Å². The van der Waals surface area contributed by atoms with Crippen molar-refractivity contribution in [2.24, 2.45) is 11.7 Å². The van der Waals surface area contributed by atoms with E-state index in [-0.39, 0.29) is 42.2 Å². The molecule has 1 rings (SSSR count). The molecule has 1 aliphatic rings. The van der Waals surface area contributed by atoms with Crippen LogP contribution in [-0.4, -0.2) is 42.5 Å². The summed E-state index contributed by atoms with van der Waals surface area (Å²) in [6, 6.07) is 0.561. The average Bonchev–Trinajstić information content (AvgIpc) is 2.36. The van der Waals surface area contributed by atoms with E-state index < -0.39 is 0 Å². The normalized spacial score (nSPS) is 26.5. The summed E-state index contributed by atoms with van der Waals surface area (Å²) in [4.78, 5) is 14.5. The topological polar surface area (TPSA) is 58.4 Å². The Bertz CT molecular complexity index is 301. The van der Waals surface area contributed by atoms with E-state index in [9.17, 15) is 4.79 Å². The van der Waals surface area contributed by atoms with Gasteiger partial charge in [0.15, 0.2) is 0 Å². The van der Waals surface area contributed by atoms with Crippen molar-refractivity contribution in [3.8, 4) is 0 Å². The van der Waals surface area contributed by atoms with Crippen LogP contribution in [0, 0.1) is 5.92 Å². The van der Waals surface area contributed by atoms with Crippen LogP contribution in [0.4, 0.5) is 0 Å². The van der Waals surface area contributed by atoms with Crippen LogP contribution in [0.25, 0.3) is 0 Å². The lowest BCUT2D eigenvalue weighted by molar-refractivity contribution is -0.128. The molecule has 21 heavy (non-hydrogen) atoms. The first-order valence-corrected chi connectivity index (χ1v) is 7.65. The third-order valence-electron chi connectivity index (χ3n) is 4.68. The van der Waals surface area contributed by atoms with Crippen LogP contribution >= 0.6 is 24.8 Å². The number of carbonyl (C=O) groups is 1. The van der Waals surface area contributed by atoms with Gasteiger partial charge < -0.3 is 16.0 Å². The molecular formula is C15H33Cl2N3O. The minimum atomic E-state index is -0.328. The fourth-order valence-corrected chi connectivity index (χ4v) is 2.80. The molecule has 0 aliphatic heterocycles. The highest BCUT2D eigenvalue weighted by molar-refractivity contribution is 5.85. The van der Waals surface area contributed by atoms with Crippen molar-refractivity contribution < 1.29 is 4.79 Å². The lowest BCUT2D eigenvalue weighted by atomic mass is 9.74. The second kappa shape index (κ2) is 10.7. The Morgan fingerprint density at radius 3 is 2.57 bits per heavy atom. The number of amides is 1. The van der Waals surface area contributed by atoms with Gasteiger partial charge in [0.1, 0.15) is 0 Å². The molecule has 1 amide bonds. The summed E-state index contributed by atoms with van der Waals surface area (Å²) >= 11 is 0. The number of nitrogens with zero attached hydrogens (tertiary/aromatic N) is 1. The molecule has 0 radical (unpaired) electrons. The van der Waals surface area contributed by atoms with Crippen LogP contribution in [0.2, 0.25) is 0 Å². The van der Waals surface area contributed by atoms with Crippen molar-refractivity contribution in [2.75, 3.05) is 20.1 Å². The Labute approximate surface area is 142 Å². The molecule has 3 N–H and O–H groups in total. The van der Waals surface area contributed by atoms with E-state index in [1.54, 1.807) is 0 Å². The van der Waals surface area contributed by atoms with Gasteiger partial charge in [-0.2, -0.15) is 0 Å². The van der Waals surface area contributed by atoms with Crippen LogP contribution < -0.4 is 11.1 Å². The van der Waals surface area contributed by atoms with E-state index in [0.717, 1.165) is 38.6 Å². The summed E-state index contributed by atoms with van der Waals surface area (Å²) in [5.74, 6) is 0.123. The number of halogens is 2. The highest BCUT2D eigenvalue weighted by Gasteiger charge is 2.37. The number of carbonyl (C=O) groups excluding carboxylic acids is 1. The maximum absolute atomic E-state index is 12.2.